The molecule has 0 bridgehead atoms. The van der Waals surface area contributed by atoms with Crippen molar-refractivity contribution in [1.29, 1.82) is 0 Å². The van der Waals surface area contributed by atoms with Crippen molar-refractivity contribution in [2.24, 2.45) is 0 Å². The topological polar surface area (TPSA) is 58.1 Å². The highest BCUT2D eigenvalue weighted by Crippen LogP contribution is 2.36. The van der Waals surface area contributed by atoms with Crippen molar-refractivity contribution in [3.05, 3.63) is 52.4 Å². The summed E-state index contributed by atoms with van der Waals surface area (Å²) in [4.78, 5) is 25.5. The van der Waals surface area contributed by atoms with E-state index in [1.54, 1.807) is 24.5 Å². The molecule has 3 aromatic rings. The van der Waals surface area contributed by atoms with Crippen molar-refractivity contribution >= 4 is 33.3 Å². The molecule has 1 aromatic carbocycles. The van der Waals surface area contributed by atoms with E-state index in [1.807, 2.05) is 6.92 Å². The largest absolute Gasteiger partial charge is 0.356 e. The second-order valence-electron chi connectivity index (χ2n) is 7.61. The predicted molar refractivity (Wildman–Crippen MR) is 115 cm³/mol. The Kier molecular flexibility index (Phi) is 5.76. The molecule has 152 valence electrons. The molecule has 5 nitrogen and oxygen atoms in total. The molecule has 1 aliphatic carbocycles. The smallest absolute Gasteiger partial charge is 0.261 e. The standard InChI is InChI=1S/C22H25FN4OS/c1-14-18-20(27(2)16-9-4-3-5-10-16)25-13-26-22(18)29-19(14)21(28)24-12-15-8-6-7-11-17(15)23/h6-8,11,13,16H,3-5,9-10,12H2,1-2H3,(H,24,28). The summed E-state index contributed by atoms with van der Waals surface area (Å²) >= 11 is 1.37. The number of anilines is 1. The quantitative estimate of drug-likeness (QED) is 0.652. The minimum Gasteiger partial charge on any atom is -0.356 e. The van der Waals surface area contributed by atoms with Gasteiger partial charge in [0.1, 0.15) is 22.8 Å². The van der Waals surface area contributed by atoms with Gasteiger partial charge in [-0.15, -0.1) is 11.3 Å². The van der Waals surface area contributed by atoms with Gasteiger partial charge < -0.3 is 10.2 Å². The fraction of sp³-hybridized carbons (Fsp3) is 0.409. The van der Waals surface area contributed by atoms with Crippen molar-refractivity contribution in [3.8, 4) is 0 Å². The normalized spacial score (nSPS) is 14.9. The number of nitrogens with one attached hydrogen (secondary N) is 1. The molecule has 2 heterocycles. The van der Waals surface area contributed by atoms with E-state index in [9.17, 15) is 9.18 Å². The average molecular weight is 413 g/mol. The highest BCUT2D eigenvalue weighted by atomic mass is 32.1. The van der Waals surface area contributed by atoms with Crippen LogP contribution in [0.2, 0.25) is 0 Å². The molecule has 0 aliphatic heterocycles. The average Bonchev–Trinajstić information content (AvgIpc) is 3.10. The number of rotatable bonds is 5. The summed E-state index contributed by atoms with van der Waals surface area (Å²) in [5.41, 5.74) is 1.35. The second kappa shape index (κ2) is 8.45. The van der Waals surface area contributed by atoms with E-state index < -0.39 is 0 Å². The molecule has 7 heteroatoms. The van der Waals surface area contributed by atoms with Crippen molar-refractivity contribution < 1.29 is 9.18 Å². The van der Waals surface area contributed by atoms with Gasteiger partial charge in [-0.1, -0.05) is 37.5 Å². The molecule has 1 fully saturated rings. The Balaban J connectivity index is 1.60. The zero-order valence-electron chi connectivity index (χ0n) is 16.7. The van der Waals surface area contributed by atoms with E-state index >= 15 is 0 Å². The second-order valence-corrected chi connectivity index (χ2v) is 8.61. The first kappa shape index (κ1) is 19.8. The molecule has 1 N–H and O–H groups in total. The van der Waals surface area contributed by atoms with Crippen LogP contribution in [0.4, 0.5) is 10.2 Å². The van der Waals surface area contributed by atoms with Crippen LogP contribution in [0, 0.1) is 12.7 Å². The number of aryl methyl sites for hydroxylation is 1. The van der Waals surface area contributed by atoms with Crippen LogP contribution in [-0.4, -0.2) is 29.0 Å². The first-order valence-corrected chi connectivity index (χ1v) is 10.9. The molecule has 0 radical (unpaired) electrons. The van der Waals surface area contributed by atoms with E-state index in [4.69, 9.17) is 0 Å². The number of aromatic nitrogens is 2. The van der Waals surface area contributed by atoms with Gasteiger partial charge in [-0.25, -0.2) is 14.4 Å². The number of hydrogen-bond donors (Lipinski definition) is 1. The van der Waals surface area contributed by atoms with E-state index in [-0.39, 0.29) is 18.3 Å². The van der Waals surface area contributed by atoms with Crippen molar-refractivity contribution in [3.63, 3.8) is 0 Å². The Morgan fingerprint density at radius 1 is 1.24 bits per heavy atom. The van der Waals surface area contributed by atoms with Gasteiger partial charge in [-0.3, -0.25) is 4.79 Å². The fourth-order valence-corrected chi connectivity index (χ4v) is 5.14. The molecule has 1 amide bonds. The van der Waals surface area contributed by atoms with Crippen LogP contribution in [0.3, 0.4) is 0 Å². The summed E-state index contributed by atoms with van der Waals surface area (Å²) in [6, 6.07) is 6.95. The van der Waals surface area contributed by atoms with Crippen LogP contribution < -0.4 is 10.2 Å². The van der Waals surface area contributed by atoms with Crippen molar-refractivity contribution in [2.75, 3.05) is 11.9 Å². The summed E-state index contributed by atoms with van der Waals surface area (Å²) in [7, 11) is 2.09. The van der Waals surface area contributed by atoms with Gasteiger partial charge in [0.25, 0.3) is 5.91 Å². The van der Waals surface area contributed by atoms with Gasteiger partial charge in [0.15, 0.2) is 0 Å². The maximum atomic E-state index is 13.8. The van der Waals surface area contributed by atoms with Crippen molar-refractivity contribution in [1.82, 2.24) is 15.3 Å². The predicted octanol–water partition coefficient (Wildman–Crippen LogP) is 4.84. The molecule has 29 heavy (non-hydrogen) atoms. The van der Waals surface area contributed by atoms with Gasteiger partial charge >= 0.3 is 0 Å². The number of amides is 1. The Morgan fingerprint density at radius 3 is 2.76 bits per heavy atom. The van der Waals surface area contributed by atoms with Gasteiger partial charge in [-0.2, -0.15) is 0 Å². The maximum absolute atomic E-state index is 13.8. The monoisotopic (exact) mass is 412 g/mol. The molecular formula is C22H25FN4OS. The summed E-state index contributed by atoms with van der Waals surface area (Å²) in [5.74, 6) is 0.368. The van der Waals surface area contributed by atoms with Crippen LogP contribution in [0.1, 0.15) is 52.9 Å². The Morgan fingerprint density at radius 2 is 2.00 bits per heavy atom. The Bertz CT molecular complexity index is 1030. The summed E-state index contributed by atoms with van der Waals surface area (Å²) in [6.45, 7) is 2.10. The lowest BCUT2D eigenvalue weighted by Crippen LogP contribution is -2.34. The lowest BCUT2D eigenvalue weighted by molar-refractivity contribution is 0.0954. The number of halogens is 1. The third-order valence-electron chi connectivity index (χ3n) is 5.77. The van der Waals surface area contributed by atoms with Gasteiger partial charge in [0.05, 0.1) is 10.3 Å². The zero-order chi connectivity index (χ0) is 20.4. The minimum atomic E-state index is -0.317. The number of nitrogens with zero attached hydrogens (tertiary/aromatic N) is 3. The molecule has 1 saturated carbocycles. The summed E-state index contributed by atoms with van der Waals surface area (Å²) in [6.07, 6.45) is 7.70. The van der Waals surface area contributed by atoms with E-state index in [0.717, 1.165) is 21.6 Å². The first-order valence-electron chi connectivity index (χ1n) is 10.0. The van der Waals surface area contributed by atoms with Crippen LogP contribution in [0.15, 0.2) is 30.6 Å². The highest BCUT2D eigenvalue weighted by molar-refractivity contribution is 7.20. The molecule has 0 unspecified atom stereocenters. The van der Waals surface area contributed by atoms with Crippen LogP contribution in [0.5, 0.6) is 0 Å². The van der Waals surface area contributed by atoms with Crippen molar-refractivity contribution in [2.45, 2.75) is 51.6 Å². The number of carbonyl (C=O) groups excluding carboxylic acids is 1. The third-order valence-corrected chi connectivity index (χ3v) is 6.97. The number of hydrogen-bond acceptors (Lipinski definition) is 5. The minimum absolute atomic E-state index is 0.152. The van der Waals surface area contributed by atoms with Crippen LogP contribution in [0.25, 0.3) is 10.2 Å². The van der Waals surface area contributed by atoms with Crippen LogP contribution >= 0.6 is 11.3 Å². The van der Waals surface area contributed by atoms with E-state index in [0.29, 0.717) is 16.5 Å². The molecule has 0 saturated heterocycles. The lowest BCUT2D eigenvalue weighted by Gasteiger charge is -2.32. The molecule has 2 aromatic heterocycles. The highest BCUT2D eigenvalue weighted by Gasteiger charge is 2.25. The third kappa shape index (κ3) is 3.96. The zero-order valence-corrected chi connectivity index (χ0v) is 17.6. The number of carbonyl (C=O) groups is 1. The van der Waals surface area contributed by atoms with Gasteiger partial charge in [-0.05, 0) is 31.4 Å². The number of thiophene rings is 1. The fourth-order valence-electron chi connectivity index (χ4n) is 4.08. The molecule has 0 spiro atoms. The van der Waals surface area contributed by atoms with E-state index in [2.05, 4.69) is 27.2 Å². The first-order chi connectivity index (χ1) is 14.1. The summed E-state index contributed by atoms with van der Waals surface area (Å²) in [5, 5.41) is 3.79. The lowest BCUT2D eigenvalue weighted by atomic mass is 9.94. The van der Waals surface area contributed by atoms with Crippen LogP contribution in [-0.2, 0) is 6.54 Å². The molecule has 4 rings (SSSR count). The Hall–Kier alpha value is -2.54. The summed E-state index contributed by atoms with van der Waals surface area (Å²) < 4.78 is 13.8. The molecule has 1 aliphatic rings. The molecule has 0 atom stereocenters. The van der Waals surface area contributed by atoms with Gasteiger partial charge in [0.2, 0.25) is 0 Å². The Labute approximate surface area is 174 Å². The number of benzene rings is 1. The van der Waals surface area contributed by atoms with E-state index in [1.165, 1.54) is 49.5 Å². The van der Waals surface area contributed by atoms with Gasteiger partial charge in [0, 0.05) is 25.2 Å². The maximum Gasteiger partial charge on any atom is 0.261 e. The number of fused-ring (bicyclic) bond motifs is 1. The molecular weight excluding hydrogens is 387 g/mol. The SMILES string of the molecule is Cc1c(C(=O)NCc2ccccc2F)sc2ncnc(N(C)C3CCCCC3)c12.